The number of hydrogen-bond donors (Lipinski definition) is 2. The first-order valence-corrected chi connectivity index (χ1v) is 8.22. The van der Waals surface area contributed by atoms with Gasteiger partial charge >= 0.3 is 11.9 Å². The van der Waals surface area contributed by atoms with Gasteiger partial charge in [0, 0.05) is 17.8 Å². The van der Waals surface area contributed by atoms with Gasteiger partial charge in [-0.2, -0.15) is 5.26 Å². The third-order valence-corrected chi connectivity index (χ3v) is 3.73. The van der Waals surface area contributed by atoms with Gasteiger partial charge in [-0.1, -0.05) is 30.3 Å². The van der Waals surface area contributed by atoms with E-state index in [1.165, 1.54) is 7.11 Å². The molecule has 0 fully saturated rings. The number of nitrogens with zero attached hydrogens (tertiary/aromatic N) is 1. The average molecular weight is 369 g/mol. The maximum absolute atomic E-state index is 12.4. The highest BCUT2D eigenvalue weighted by Gasteiger charge is 2.24. The first-order valence-electron chi connectivity index (χ1n) is 8.22. The van der Waals surface area contributed by atoms with E-state index in [4.69, 9.17) is 9.47 Å². The standard InChI is InChI=1S/C19H19N3O5/c1-3-27-15(23)11-21-10-14-17(19(25)26-2)16(12-7-5-4-6-8-12)13(9-20)18(24)22-14/h4-8,21H,3,10-11H2,1-2H3,(H,22,24). The summed E-state index contributed by atoms with van der Waals surface area (Å²) in [5, 5.41) is 12.3. The molecule has 0 amide bonds. The van der Waals surface area contributed by atoms with Crippen LogP contribution in [-0.4, -0.2) is 37.2 Å². The first-order chi connectivity index (χ1) is 13.0. The summed E-state index contributed by atoms with van der Waals surface area (Å²) in [6, 6.07) is 10.5. The van der Waals surface area contributed by atoms with Crippen LogP contribution in [0.3, 0.4) is 0 Å². The highest BCUT2D eigenvalue weighted by Crippen LogP contribution is 2.28. The van der Waals surface area contributed by atoms with Crippen LogP contribution < -0.4 is 10.9 Å². The lowest BCUT2D eigenvalue weighted by Crippen LogP contribution is -2.28. The third-order valence-electron chi connectivity index (χ3n) is 3.73. The molecule has 0 aliphatic carbocycles. The predicted molar refractivity (Wildman–Crippen MR) is 96.9 cm³/mol. The molecule has 2 N–H and O–H groups in total. The first kappa shape index (κ1) is 19.9. The van der Waals surface area contributed by atoms with Crippen molar-refractivity contribution in [1.29, 1.82) is 5.26 Å². The average Bonchev–Trinajstić information content (AvgIpc) is 2.67. The molecule has 8 nitrogen and oxygen atoms in total. The molecule has 27 heavy (non-hydrogen) atoms. The molecule has 0 spiro atoms. The Labute approximate surface area is 155 Å². The lowest BCUT2D eigenvalue weighted by molar-refractivity contribution is -0.142. The Morgan fingerprint density at radius 1 is 1.26 bits per heavy atom. The lowest BCUT2D eigenvalue weighted by Gasteiger charge is -2.15. The molecule has 2 aromatic rings. The molecule has 0 saturated carbocycles. The van der Waals surface area contributed by atoms with E-state index in [-0.39, 0.29) is 42.1 Å². The van der Waals surface area contributed by atoms with Gasteiger partial charge in [0.2, 0.25) is 0 Å². The van der Waals surface area contributed by atoms with Gasteiger partial charge in [-0.3, -0.25) is 9.59 Å². The SMILES string of the molecule is CCOC(=O)CNCc1[nH]c(=O)c(C#N)c(-c2ccccc2)c1C(=O)OC. The number of aromatic nitrogens is 1. The molecule has 1 aromatic carbocycles. The van der Waals surface area contributed by atoms with Gasteiger partial charge in [0.15, 0.2) is 0 Å². The zero-order valence-electron chi connectivity index (χ0n) is 15.0. The Kier molecular flexibility index (Phi) is 6.86. The number of methoxy groups -OCH3 is 1. The minimum Gasteiger partial charge on any atom is -0.465 e. The van der Waals surface area contributed by atoms with E-state index >= 15 is 0 Å². The Balaban J connectivity index is 2.56. The Hall–Kier alpha value is -3.44. The molecule has 0 aliphatic rings. The van der Waals surface area contributed by atoms with E-state index in [1.54, 1.807) is 37.3 Å². The highest BCUT2D eigenvalue weighted by molar-refractivity contribution is 5.99. The van der Waals surface area contributed by atoms with Crippen molar-refractivity contribution in [3.8, 4) is 17.2 Å². The van der Waals surface area contributed by atoms with Gasteiger partial charge in [-0.15, -0.1) is 0 Å². The summed E-state index contributed by atoms with van der Waals surface area (Å²) in [5.41, 5.74) is 0.201. The van der Waals surface area contributed by atoms with Crippen LogP contribution in [0.5, 0.6) is 0 Å². The van der Waals surface area contributed by atoms with E-state index in [1.807, 2.05) is 6.07 Å². The second-order valence-corrected chi connectivity index (χ2v) is 5.44. The smallest absolute Gasteiger partial charge is 0.340 e. The van der Waals surface area contributed by atoms with Crippen LogP contribution in [0, 0.1) is 11.3 Å². The van der Waals surface area contributed by atoms with Gasteiger partial charge in [-0.25, -0.2) is 4.79 Å². The topological polar surface area (TPSA) is 121 Å². The molecule has 0 radical (unpaired) electrons. The maximum Gasteiger partial charge on any atom is 0.340 e. The Morgan fingerprint density at radius 3 is 2.56 bits per heavy atom. The molecule has 0 aliphatic heterocycles. The fourth-order valence-corrected chi connectivity index (χ4v) is 2.61. The monoisotopic (exact) mass is 369 g/mol. The number of benzene rings is 1. The van der Waals surface area contributed by atoms with Crippen LogP contribution in [0.25, 0.3) is 11.1 Å². The number of carbonyl (C=O) groups excluding carboxylic acids is 2. The number of esters is 2. The summed E-state index contributed by atoms with van der Waals surface area (Å²) in [7, 11) is 1.21. The number of nitriles is 1. The molecule has 0 atom stereocenters. The van der Waals surface area contributed by atoms with Crippen LogP contribution in [-0.2, 0) is 20.8 Å². The maximum atomic E-state index is 12.4. The predicted octanol–water partition coefficient (Wildman–Crippen LogP) is 1.35. The zero-order chi connectivity index (χ0) is 19.8. The van der Waals surface area contributed by atoms with Crippen LogP contribution in [0.1, 0.15) is 28.5 Å². The van der Waals surface area contributed by atoms with Crippen molar-refractivity contribution in [1.82, 2.24) is 10.3 Å². The summed E-state index contributed by atoms with van der Waals surface area (Å²) < 4.78 is 9.68. The normalized spacial score (nSPS) is 10.1. The minimum atomic E-state index is -0.700. The highest BCUT2D eigenvalue weighted by atomic mass is 16.5. The number of carbonyl (C=O) groups is 2. The van der Waals surface area contributed by atoms with Gasteiger partial charge in [-0.05, 0) is 12.5 Å². The van der Waals surface area contributed by atoms with E-state index in [2.05, 4.69) is 10.3 Å². The van der Waals surface area contributed by atoms with Gasteiger partial charge in [0.25, 0.3) is 5.56 Å². The van der Waals surface area contributed by atoms with Crippen molar-refractivity contribution in [3.63, 3.8) is 0 Å². The number of H-pyrrole nitrogens is 1. The van der Waals surface area contributed by atoms with E-state index in [0.29, 0.717) is 5.56 Å². The molecule has 0 bridgehead atoms. The molecule has 1 heterocycles. The van der Waals surface area contributed by atoms with Crippen molar-refractivity contribution in [2.45, 2.75) is 13.5 Å². The summed E-state index contributed by atoms with van der Waals surface area (Å²) in [4.78, 5) is 38.8. The number of aromatic amines is 1. The van der Waals surface area contributed by atoms with E-state index in [0.717, 1.165) is 0 Å². The van der Waals surface area contributed by atoms with Gasteiger partial charge < -0.3 is 19.8 Å². The van der Waals surface area contributed by atoms with E-state index < -0.39 is 17.5 Å². The number of hydrogen-bond acceptors (Lipinski definition) is 7. The second kappa shape index (κ2) is 9.31. The van der Waals surface area contributed by atoms with Crippen LogP contribution in [0.4, 0.5) is 0 Å². The van der Waals surface area contributed by atoms with Gasteiger partial charge in [0.05, 0.1) is 25.8 Å². The second-order valence-electron chi connectivity index (χ2n) is 5.44. The Bertz CT molecular complexity index is 929. The van der Waals surface area contributed by atoms with Crippen molar-refractivity contribution in [3.05, 3.63) is 57.5 Å². The molecular weight excluding hydrogens is 350 g/mol. The summed E-state index contributed by atoms with van der Waals surface area (Å²) >= 11 is 0. The zero-order valence-corrected chi connectivity index (χ0v) is 15.0. The third kappa shape index (κ3) is 4.59. The summed E-state index contributed by atoms with van der Waals surface area (Å²) in [5.74, 6) is -1.16. The molecule has 140 valence electrons. The van der Waals surface area contributed by atoms with Crippen molar-refractivity contribution < 1.29 is 19.1 Å². The largest absolute Gasteiger partial charge is 0.465 e. The molecular formula is C19H19N3O5. The lowest BCUT2D eigenvalue weighted by atomic mass is 9.94. The minimum absolute atomic E-state index is 0.00400. The molecule has 2 rings (SSSR count). The fourth-order valence-electron chi connectivity index (χ4n) is 2.61. The molecule has 1 aromatic heterocycles. The van der Waals surface area contributed by atoms with E-state index in [9.17, 15) is 19.6 Å². The molecule has 0 unspecified atom stereocenters. The fraction of sp³-hybridized carbons (Fsp3) is 0.263. The molecule has 8 heteroatoms. The quantitative estimate of drug-likeness (QED) is 0.707. The van der Waals surface area contributed by atoms with Crippen molar-refractivity contribution in [2.75, 3.05) is 20.3 Å². The number of pyridine rings is 1. The van der Waals surface area contributed by atoms with Crippen molar-refractivity contribution >= 4 is 11.9 Å². The van der Waals surface area contributed by atoms with Gasteiger partial charge in [0.1, 0.15) is 11.6 Å². The molecule has 0 saturated heterocycles. The summed E-state index contributed by atoms with van der Waals surface area (Å²) in [6.07, 6.45) is 0. The number of ether oxygens (including phenoxy) is 2. The van der Waals surface area contributed by atoms with Crippen molar-refractivity contribution in [2.24, 2.45) is 0 Å². The van der Waals surface area contributed by atoms with Crippen LogP contribution in [0.2, 0.25) is 0 Å². The number of rotatable bonds is 7. The van der Waals surface area contributed by atoms with Crippen LogP contribution >= 0.6 is 0 Å². The van der Waals surface area contributed by atoms with Crippen LogP contribution in [0.15, 0.2) is 35.1 Å². The number of nitrogens with one attached hydrogen (secondary N) is 2. The summed E-state index contributed by atoms with van der Waals surface area (Å²) in [6.45, 7) is 1.85. The Morgan fingerprint density at radius 2 is 1.96 bits per heavy atom.